The van der Waals surface area contributed by atoms with Gasteiger partial charge in [0.1, 0.15) is 0 Å². The lowest BCUT2D eigenvalue weighted by molar-refractivity contribution is 0.347. The fourth-order valence-electron chi connectivity index (χ4n) is 2.94. The van der Waals surface area contributed by atoms with Gasteiger partial charge in [0, 0.05) is 11.6 Å². The summed E-state index contributed by atoms with van der Waals surface area (Å²) in [6, 6.07) is 10.4. The fraction of sp³-hybridized carbons (Fsp3) is 0.438. The van der Waals surface area contributed by atoms with Gasteiger partial charge in [0.15, 0.2) is 11.6 Å². The highest BCUT2D eigenvalue weighted by atomic mass is 16.5. The van der Waals surface area contributed by atoms with Gasteiger partial charge >= 0.3 is 0 Å². The van der Waals surface area contributed by atoms with Crippen LogP contribution in [0.1, 0.15) is 30.7 Å². The lowest BCUT2D eigenvalue weighted by Crippen LogP contribution is -2.18. The predicted octanol–water partition coefficient (Wildman–Crippen LogP) is 3.12. The summed E-state index contributed by atoms with van der Waals surface area (Å²) in [4.78, 5) is 2.42. The zero-order chi connectivity index (χ0) is 13.9. The Morgan fingerprint density at radius 3 is 2.95 bits per heavy atom. The molecule has 1 aliphatic rings. The summed E-state index contributed by atoms with van der Waals surface area (Å²) >= 11 is 0. The van der Waals surface area contributed by atoms with E-state index in [4.69, 9.17) is 10.3 Å². The largest absolute Gasteiger partial charge is 0.381 e. The van der Waals surface area contributed by atoms with Crippen LogP contribution < -0.4 is 5.73 Å². The molecule has 1 saturated heterocycles. The first-order valence-corrected chi connectivity index (χ1v) is 7.23. The van der Waals surface area contributed by atoms with Crippen molar-refractivity contribution in [1.82, 2.24) is 10.1 Å². The van der Waals surface area contributed by atoms with Gasteiger partial charge < -0.3 is 15.2 Å². The van der Waals surface area contributed by atoms with Crippen molar-refractivity contribution >= 4 is 5.82 Å². The molecule has 2 aromatic rings. The second-order valence-electron chi connectivity index (χ2n) is 5.67. The fourth-order valence-corrected chi connectivity index (χ4v) is 2.94. The number of likely N-dealkylation sites (tertiary alicyclic amines) is 1. The summed E-state index contributed by atoms with van der Waals surface area (Å²) in [6.07, 6.45) is 3.74. The van der Waals surface area contributed by atoms with Crippen molar-refractivity contribution in [2.75, 3.05) is 25.9 Å². The minimum Gasteiger partial charge on any atom is -0.381 e. The molecule has 0 bridgehead atoms. The van der Waals surface area contributed by atoms with Crippen LogP contribution in [0.2, 0.25) is 0 Å². The maximum Gasteiger partial charge on any atom is 0.169 e. The predicted molar refractivity (Wildman–Crippen MR) is 80.4 cm³/mol. The van der Waals surface area contributed by atoms with Crippen LogP contribution in [0, 0.1) is 0 Å². The molecule has 0 radical (unpaired) electrons. The Bertz CT molecular complexity index is 579. The first kappa shape index (κ1) is 13.2. The van der Waals surface area contributed by atoms with Gasteiger partial charge in [0.2, 0.25) is 0 Å². The molecule has 0 saturated carbocycles. The van der Waals surface area contributed by atoms with E-state index in [1.54, 1.807) is 6.07 Å². The van der Waals surface area contributed by atoms with Crippen LogP contribution >= 0.6 is 0 Å². The van der Waals surface area contributed by atoms with Crippen molar-refractivity contribution in [1.29, 1.82) is 0 Å². The second kappa shape index (κ2) is 5.67. The molecule has 1 fully saturated rings. The van der Waals surface area contributed by atoms with Crippen LogP contribution in [0.5, 0.6) is 0 Å². The van der Waals surface area contributed by atoms with Gasteiger partial charge in [-0.2, -0.15) is 0 Å². The Morgan fingerprint density at radius 1 is 1.25 bits per heavy atom. The summed E-state index contributed by atoms with van der Waals surface area (Å²) < 4.78 is 5.25. The minimum atomic E-state index is 0.432. The third kappa shape index (κ3) is 2.85. The average Bonchev–Trinajstić information content (AvgIpc) is 2.77. The van der Waals surface area contributed by atoms with Gasteiger partial charge in [-0.05, 0) is 56.9 Å². The van der Waals surface area contributed by atoms with E-state index in [0.29, 0.717) is 11.7 Å². The highest BCUT2D eigenvalue weighted by Gasteiger charge is 2.17. The van der Waals surface area contributed by atoms with Gasteiger partial charge in [-0.1, -0.05) is 23.4 Å². The Morgan fingerprint density at radius 2 is 2.15 bits per heavy atom. The number of nitrogens with two attached hydrogens (primary N) is 1. The first-order valence-electron chi connectivity index (χ1n) is 7.23. The lowest BCUT2D eigenvalue weighted by atomic mass is 9.91. The van der Waals surface area contributed by atoms with Crippen molar-refractivity contribution in [3.05, 3.63) is 35.9 Å². The molecular formula is C16H21N3O. The van der Waals surface area contributed by atoms with Crippen molar-refractivity contribution in [2.24, 2.45) is 0 Å². The normalized spacial score (nSPS) is 20.8. The van der Waals surface area contributed by atoms with Gasteiger partial charge in [-0.15, -0.1) is 0 Å². The Hall–Kier alpha value is -1.81. The molecule has 0 amide bonds. The zero-order valence-electron chi connectivity index (χ0n) is 11.9. The average molecular weight is 271 g/mol. The maximum atomic E-state index is 5.62. The topological polar surface area (TPSA) is 55.3 Å². The lowest BCUT2D eigenvalue weighted by Gasteiger charge is -2.15. The van der Waals surface area contributed by atoms with Crippen LogP contribution in [-0.2, 0) is 0 Å². The van der Waals surface area contributed by atoms with E-state index in [9.17, 15) is 0 Å². The van der Waals surface area contributed by atoms with Crippen molar-refractivity contribution in [3.8, 4) is 11.3 Å². The van der Waals surface area contributed by atoms with Crippen LogP contribution in [0.15, 0.2) is 34.9 Å². The Balaban J connectivity index is 1.83. The zero-order valence-corrected chi connectivity index (χ0v) is 11.9. The second-order valence-corrected chi connectivity index (χ2v) is 5.67. The van der Waals surface area contributed by atoms with Crippen molar-refractivity contribution < 1.29 is 4.52 Å². The molecule has 1 unspecified atom stereocenters. The molecule has 3 rings (SSSR count). The molecule has 0 aliphatic carbocycles. The third-order valence-corrected chi connectivity index (χ3v) is 4.12. The van der Waals surface area contributed by atoms with E-state index in [1.165, 1.54) is 37.9 Å². The SMILES string of the molecule is CN1CCCC(c2cccc(-c3cc(N)no3)c2)CC1. The summed E-state index contributed by atoms with van der Waals surface area (Å²) in [5.74, 6) is 1.82. The summed E-state index contributed by atoms with van der Waals surface area (Å²) in [5.41, 5.74) is 8.08. The monoisotopic (exact) mass is 271 g/mol. The molecule has 1 atom stereocenters. The summed E-state index contributed by atoms with van der Waals surface area (Å²) in [5, 5.41) is 3.76. The number of rotatable bonds is 2. The molecule has 1 aliphatic heterocycles. The smallest absolute Gasteiger partial charge is 0.169 e. The van der Waals surface area contributed by atoms with Gasteiger partial charge in [0.25, 0.3) is 0 Å². The molecule has 4 heteroatoms. The molecule has 2 N–H and O–H groups in total. The molecule has 20 heavy (non-hydrogen) atoms. The highest BCUT2D eigenvalue weighted by Crippen LogP contribution is 2.31. The Kier molecular flexibility index (Phi) is 3.74. The summed E-state index contributed by atoms with van der Waals surface area (Å²) in [7, 11) is 2.20. The van der Waals surface area contributed by atoms with E-state index >= 15 is 0 Å². The van der Waals surface area contributed by atoms with Crippen molar-refractivity contribution in [2.45, 2.75) is 25.2 Å². The van der Waals surface area contributed by atoms with E-state index in [1.807, 2.05) is 6.07 Å². The maximum absolute atomic E-state index is 5.62. The van der Waals surface area contributed by atoms with Gasteiger partial charge in [-0.25, -0.2) is 0 Å². The number of benzene rings is 1. The Labute approximate surface area is 119 Å². The van der Waals surface area contributed by atoms with Crippen LogP contribution in [0.4, 0.5) is 5.82 Å². The molecule has 1 aromatic carbocycles. The molecule has 2 heterocycles. The molecule has 0 spiro atoms. The molecule has 106 valence electrons. The highest BCUT2D eigenvalue weighted by molar-refractivity contribution is 5.61. The van der Waals surface area contributed by atoms with Crippen LogP contribution in [-0.4, -0.2) is 30.2 Å². The first-order chi connectivity index (χ1) is 9.72. The molecule has 4 nitrogen and oxygen atoms in total. The van der Waals surface area contributed by atoms with Gasteiger partial charge in [-0.3, -0.25) is 0 Å². The summed E-state index contributed by atoms with van der Waals surface area (Å²) in [6.45, 7) is 2.37. The van der Waals surface area contributed by atoms with E-state index in [-0.39, 0.29) is 0 Å². The van der Waals surface area contributed by atoms with E-state index in [2.05, 4.69) is 35.3 Å². The number of nitrogens with zero attached hydrogens (tertiary/aromatic N) is 2. The van der Waals surface area contributed by atoms with Crippen LogP contribution in [0.25, 0.3) is 11.3 Å². The van der Waals surface area contributed by atoms with E-state index in [0.717, 1.165) is 11.3 Å². The standard InChI is InChI=1S/C16H21N3O/c1-19-8-3-6-12(7-9-19)13-4-2-5-14(10-13)15-11-16(17)18-20-15/h2,4-5,10-12H,3,6-9H2,1H3,(H2,17,18). The van der Waals surface area contributed by atoms with Crippen molar-refractivity contribution in [3.63, 3.8) is 0 Å². The van der Waals surface area contributed by atoms with Gasteiger partial charge in [0.05, 0.1) is 0 Å². The molecular weight excluding hydrogens is 250 g/mol. The minimum absolute atomic E-state index is 0.432. The number of hydrogen-bond donors (Lipinski definition) is 1. The quantitative estimate of drug-likeness (QED) is 0.911. The number of nitrogen functional groups attached to an aromatic ring is 1. The number of anilines is 1. The third-order valence-electron chi connectivity index (χ3n) is 4.12. The molecule has 1 aromatic heterocycles. The number of hydrogen-bond acceptors (Lipinski definition) is 4. The van der Waals surface area contributed by atoms with Crippen LogP contribution in [0.3, 0.4) is 0 Å². The number of aromatic nitrogens is 1. The van der Waals surface area contributed by atoms with E-state index < -0.39 is 0 Å².